The Bertz CT molecular complexity index is 1110. The summed E-state index contributed by atoms with van der Waals surface area (Å²) < 4.78 is 5.56. The maximum Gasteiger partial charge on any atom is 0.313 e. The van der Waals surface area contributed by atoms with Crippen molar-refractivity contribution < 1.29 is 24.2 Å². The smallest absolute Gasteiger partial charge is 0.313 e. The molecule has 3 aliphatic rings. The predicted molar refractivity (Wildman–Crippen MR) is 147 cm³/mol. The van der Waals surface area contributed by atoms with Gasteiger partial charge in [-0.3, -0.25) is 14.4 Å². The van der Waals surface area contributed by atoms with E-state index in [0.29, 0.717) is 19.3 Å². The molecule has 3 fully saturated rings. The molecule has 1 unspecified atom stereocenters. The van der Waals surface area contributed by atoms with Gasteiger partial charge in [-0.2, -0.15) is 0 Å². The summed E-state index contributed by atoms with van der Waals surface area (Å²) in [5.74, 6) is -1.29. The zero-order valence-electron chi connectivity index (χ0n) is 23.8. The van der Waals surface area contributed by atoms with E-state index in [1.165, 1.54) is 12.5 Å². The number of carboxylic acids is 1. The number of hydrogen-bond donors (Lipinski definition) is 1. The Labute approximate surface area is 222 Å². The number of ketones is 1. The fraction of sp³-hybridized carbons (Fsp3) is 0.594. The van der Waals surface area contributed by atoms with Crippen LogP contribution in [0.25, 0.3) is 0 Å². The molecular weight excluding hydrogens is 464 g/mol. The van der Waals surface area contributed by atoms with Crippen molar-refractivity contribution in [3.8, 4) is 0 Å². The number of aliphatic carboxylic acids is 1. The van der Waals surface area contributed by atoms with Gasteiger partial charge in [-0.15, -0.1) is 0 Å². The number of fused-ring (bicyclic) bond motifs is 3. The number of esters is 1. The molecule has 0 aromatic rings. The highest BCUT2D eigenvalue weighted by atomic mass is 16.5. The second-order valence-electron chi connectivity index (χ2n) is 12.3. The summed E-state index contributed by atoms with van der Waals surface area (Å²) in [5.41, 5.74) is 2.46. The van der Waals surface area contributed by atoms with Crippen molar-refractivity contribution in [2.75, 3.05) is 0 Å². The molecule has 1 N–H and O–H groups in total. The van der Waals surface area contributed by atoms with Crippen LogP contribution in [0.4, 0.5) is 0 Å². The van der Waals surface area contributed by atoms with Gasteiger partial charge in [0.2, 0.25) is 0 Å². The first kappa shape index (κ1) is 28.9. The summed E-state index contributed by atoms with van der Waals surface area (Å²) in [5, 5.41) is 10.4. The minimum Gasteiger partial charge on any atom is -0.481 e. The fourth-order valence-electron chi connectivity index (χ4n) is 7.80. The van der Waals surface area contributed by atoms with Gasteiger partial charge in [-0.1, -0.05) is 61.4 Å². The number of Topliss-reactive ketones (excluding diaryl/α,β-unsaturated/α-hetero) is 1. The number of carboxylic acid groups (broad SMARTS) is 1. The second kappa shape index (κ2) is 10.6. The Morgan fingerprint density at radius 2 is 1.57 bits per heavy atom. The van der Waals surface area contributed by atoms with Crippen molar-refractivity contribution in [1.29, 1.82) is 0 Å². The number of hydrogen-bond acceptors (Lipinski definition) is 4. The second-order valence-corrected chi connectivity index (χ2v) is 12.3. The molecule has 0 saturated heterocycles. The van der Waals surface area contributed by atoms with Crippen LogP contribution in [0.2, 0.25) is 0 Å². The zero-order valence-corrected chi connectivity index (χ0v) is 23.8. The Hall–Kier alpha value is -2.69. The van der Waals surface area contributed by atoms with E-state index in [0.717, 1.165) is 29.6 Å². The molecule has 6 atom stereocenters. The van der Waals surface area contributed by atoms with E-state index in [2.05, 4.69) is 39.8 Å². The molecule has 0 heterocycles. The topological polar surface area (TPSA) is 80.7 Å². The van der Waals surface area contributed by atoms with Crippen LogP contribution in [-0.2, 0) is 19.1 Å². The molecule has 3 aliphatic carbocycles. The van der Waals surface area contributed by atoms with Gasteiger partial charge in [-0.05, 0) is 83.1 Å². The summed E-state index contributed by atoms with van der Waals surface area (Å²) in [7, 11) is 0. The van der Waals surface area contributed by atoms with Gasteiger partial charge in [0, 0.05) is 24.3 Å². The fourth-order valence-corrected chi connectivity index (χ4v) is 7.80. The van der Waals surface area contributed by atoms with Crippen LogP contribution in [0.1, 0.15) is 87.5 Å². The minimum atomic E-state index is -1.17. The maximum atomic E-state index is 13.5. The summed E-state index contributed by atoms with van der Waals surface area (Å²) in [6.07, 6.45) is 14.7. The molecule has 0 aliphatic heterocycles. The highest BCUT2D eigenvalue weighted by Crippen LogP contribution is 2.69. The molecule has 37 heavy (non-hydrogen) atoms. The Morgan fingerprint density at radius 3 is 2.16 bits per heavy atom. The highest BCUT2D eigenvalue weighted by Gasteiger charge is 2.68. The van der Waals surface area contributed by atoms with Crippen LogP contribution in [-0.4, -0.2) is 28.9 Å². The van der Waals surface area contributed by atoms with E-state index >= 15 is 0 Å². The number of carbonyl (C=O) groups is 3. The lowest BCUT2D eigenvalue weighted by Crippen LogP contribution is -2.61. The molecule has 5 heteroatoms. The standard InChI is InChI=1S/C32H44O5/c1-20(2)11-9-12-21(3)13-10-14-22(4)28-24(34)19-26-30(6)18-16-27(37-23(5)33)32(8,29(35)36)25(30)15-17-31(26,28)7/h9-14,25-27H,15-19H2,1-8H3,(H,35,36)/b12-9+,14-10+,21-13+,28-22+/t25-,26?,27+,30+,31-,32+/m1/s1. The number of rotatable bonds is 6. The van der Waals surface area contributed by atoms with Crippen molar-refractivity contribution in [2.45, 2.75) is 93.6 Å². The maximum absolute atomic E-state index is 13.5. The molecule has 0 bridgehead atoms. The molecule has 0 aromatic heterocycles. The lowest BCUT2D eigenvalue weighted by molar-refractivity contribution is -0.204. The van der Waals surface area contributed by atoms with Gasteiger partial charge in [0.05, 0.1) is 0 Å². The monoisotopic (exact) mass is 508 g/mol. The quantitative estimate of drug-likeness (QED) is 0.234. The third kappa shape index (κ3) is 5.19. The van der Waals surface area contributed by atoms with Crippen LogP contribution in [0.5, 0.6) is 0 Å². The zero-order chi connectivity index (χ0) is 27.8. The van der Waals surface area contributed by atoms with E-state index in [9.17, 15) is 19.5 Å². The average molecular weight is 509 g/mol. The third-order valence-electron chi connectivity index (χ3n) is 9.55. The summed E-state index contributed by atoms with van der Waals surface area (Å²) in [6.45, 7) is 15.7. The van der Waals surface area contributed by atoms with Crippen LogP contribution in [0, 0.1) is 28.1 Å². The first-order valence-electron chi connectivity index (χ1n) is 13.5. The number of ether oxygens (including phenoxy) is 1. The molecule has 0 spiro atoms. The highest BCUT2D eigenvalue weighted by molar-refractivity contribution is 6.01. The van der Waals surface area contributed by atoms with Crippen molar-refractivity contribution in [2.24, 2.45) is 28.1 Å². The molecule has 0 amide bonds. The van der Waals surface area contributed by atoms with Gasteiger partial charge in [0.25, 0.3) is 0 Å². The van der Waals surface area contributed by atoms with Gasteiger partial charge in [0.1, 0.15) is 11.5 Å². The van der Waals surface area contributed by atoms with Crippen LogP contribution in [0.15, 0.2) is 58.7 Å². The van der Waals surface area contributed by atoms with Crippen molar-refractivity contribution in [3.63, 3.8) is 0 Å². The SMILES string of the molecule is CC(=O)O[C@H]1CC[C@]2(C)C3CC(=O)\C(=C(C)/C=C/C=C(C)/C=C/C=C(C)C)[C@]3(C)CC[C@H]2[C@]1(C)C(=O)O. The lowest BCUT2D eigenvalue weighted by Gasteiger charge is -2.61. The first-order chi connectivity index (χ1) is 17.2. The summed E-state index contributed by atoms with van der Waals surface area (Å²) in [4.78, 5) is 37.9. The Kier molecular flexibility index (Phi) is 8.26. The molecular formula is C32H44O5. The van der Waals surface area contributed by atoms with Gasteiger partial charge < -0.3 is 9.84 Å². The van der Waals surface area contributed by atoms with E-state index in [1.807, 2.05) is 38.2 Å². The molecule has 202 valence electrons. The van der Waals surface area contributed by atoms with Gasteiger partial charge >= 0.3 is 11.9 Å². The van der Waals surface area contributed by atoms with Gasteiger partial charge in [-0.25, -0.2) is 0 Å². The van der Waals surface area contributed by atoms with Crippen LogP contribution >= 0.6 is 0 Å². The summed E-state index contributed by atoms with van der Waals surface area (Å²) >= 11 is 0. The number of allylic oxidation sites excluding steroid dienone is 10. The molecule has 5 nitrogen and oxygen atoms in total. The van der Waals surface area contributed by atoms with E-state index in [4.69, 9.17) is 4.74 Å². The first-order valence-corrected chi connectivity index (χ1v) is 13.5. The van der Waals surface area contributed by atoms with E-state index in [-0.39, 0.29) is 28.4 Å². The normalized spacial score (nSPS) is 37.4. The van der Waals surface area contributed by atoms with Crippen LogP contribution in [0.3, 0.4) is 0 Å². The predicted octanol–water partition coefficient (Wildman–Crippen LogP) is 7.16. The van der Waals surface area contributed by atoms with Gasteiger partial charge in [0.15, 0.2) is 5.78 Å². The summed E-state index contributed by atoms with van der Waals surface area (Å²) in [6, 6.07) is 0. The van der Waals surface area contributed by atoms with Crippen LogP contribution < -0.4 is 0 Å². The molecule has 0 aromatic carbocycles. The van der Waals surface area contributed by atoms with Crippen molar-refractivity contribution in [1.82, 2.24) is 0 Å². The number of carbonyl (C=O) groups excluding carboxylic acids is 2. The molecule has 3 saturated carbocycles. The third-order valence-corrected chi connectivity index (χ3v) is 9.55. The van der Waals surface area contributed by atoms with E-state index < -0.39 is 23.5 Å². The largest absolute Gasteiger partial charge is 0.481 e. The van der Waals surface area contributed by atoms with E-state index in [1.54, 1.807) is 6.92 Å². The minimum absolute atomic E-state index is 0.0610. The Balaban J connectivity index is 1.94. The molecule has 3 rings (SSSR count). The Morgan fingerprint density at radius 1 is 0.919 bits per heavy atom. The lowest BCUT2D eigenvalue weighted by atomic mass is 9.42. The van der Waals surface area contributed by atoms with Crippen molar-refractivity contribution >= 4 is 17.7 Å². The average Bonchev–Trinajstić information content (AvgIpc) is 3.06. The van der Waals surface area contributed by atoms with Crippen molar-refractivity contribution in [3.05, 3.63) is 58.7 Å². The molecule has 0 radical (unpaired) electrons.